The van der Waals surface area contributed by atoms with Crippen LogP contribution in [-0.2, 0) is 6.54 Å². The lowest BCUT2D eigenvalue weighted by atomic mass is 10.1. The second-order valence-corrected chi connectivity index (χ2v) is 5.06. The predicted molar refractivity (Wildman–Crippen MR) is 85.6 cm³/mol. The number of phenols is 1. The molecule has 4 nitrogen and oxygen atoms in total. The molecule has 0 saturated heterocycles. The van der Waals surface area contributed by atoms with E-state index in [4.69, 9.17) is 4.74 Å². The minimum Gasteiger partial charge on any atom is -0.504 e. The van der Waals surface area contributed by atoms with Gasteiger partial charge in [0.05, 0.1) is 12.7 Å². The first kappa shape index (κ1) is 15.9. The van der Waals surface area contributed by atoms with Crippen LogP contribution in [0.2, 0.25) is 0 Å². The highest BCUT2D eigenvalue weighted by molar-refractivity contribution is 5.48. The van der Waals surface area contributed by atoms with Crippen molar-refractivity contribution in [2.24, 2.45) is 0 Å². The van der Waals surface area contributed by atoms with Crippen LogP contribution in [0.25, 0.3) is 0 Å². The average Bonchev–Trinajstić information content (AvgIpc) is 2.53. The van der Waals surface area contributed by atoms with Gasteiger partial charge in [0.1, 0.15) is 6.04 Å². The molecule has 0 saturated carbocycles. The molecule has 2 aromatic rings. The molecule has 22 heavy (non-hydrogen) atoms. The number of ether oxygens (including phenoxy) is 1. The lowest BCUT2D eigenvalue weighted by Gasteiger charge is -2.15. The van der Waals surface area contributed by atoms with Crippen LogP contribution in [0.1, 0.15) is 29.7 Å². The lowest BCUT2D eigenvalue weighted by molar-refractivity contribution is 0.315. The van der Waals surface area contributed by atoms with E-state index in [1.165, 1.54) is 5.56 Å². The molecular formula is C18H20N2O2. The topological polar surface area (TPSA) is 65.3 Å². The van der Waals surface area contributed by atoms with Crippen LogP contribution in [0.5, 0.6) is 11.5 Å². The van der Waals surface area contributed by atoms with Gasteiger partial charge in [-0.15, -0.1) is 0 Å². The molecule has 0 amide bonds. The number of aromatic hydroxyl groups is 1. The molecule has 2 rings (SSSR count). The summed E-state index contributed by atoms with van der Waals surface area (Å²) < 4.78 is 5.36. The Hall–Kier alpha value is -2.51. The third-order valence-electron chi connectivity index (χ3n) is 3.40. The van der Waals surface area contributed by atoms with Gasteiger partial charge in [0.15, 0.2) is 11.5 Å². The molecule has 0 aliphatic rings. The number of hydrogen-bond acceptors (Lipinski definition) is 4. The van der Waals surface area contributed by atoms with E-state index in [-0.39, 0.29) is 5.75 Å². The molecular weight excluding hydrogens is 276 g/mol. The van der Waals surface area contributed by atoms with Crippen molar-refractivity contribution in [3.05, 3.63) is 59.2 Å². The Morgan fingerprint density at radius 3 is 2.59 bits per heavy atom. The molecule has 2 N–H and O–H groups in total. The van der Waals surface area contributed by atoms with Crippen molar-refractivity contribution >= 4 is 0 Å². The van der Waals surface area contributed by atoms with Crippen molar-refractivity contribution in [3.8, 4) is 17.6 Å². The van der Waals surface area contributed by atoms with E-state index in [1.807, 2.05) is 38.1 Å². The largest absolute Gasteiger partial charge is 0.504 e. The van der Waals surface area contributed by atoms with E-state index >= 15 is 0 Å². The third-order valence-corrected chi connectivity index (χ3v) is 3.40. The molecule has 0 bridgehead atoms. The number of aryl methyl sites for hydroxylation is 1. The molecule has 0 spiro atoms. The fourth-order valence-electron chi connectivity index (χ4n) is 2.20. The summed E-state index contributed by atoms with van der Waals surface area (Å²) in [5, 5.41) is 22.8. The zero-order chi connectivity index (χ0) is 15.9. The van der Waals surface area contributed by atoms with E-state index in [1.54, 1.807) is 18.2 Å². The van der Waals surface area contributed by atoms with Gasteiger partial charge in [-0.3, -0.25) is 5.32 Å². The van der Waals surface area contributed by atoms with E-state index < -0.39 is 6.04 Å². The summed E-state index contributed by atoms with van der Waals surface area (Å²) in [6, 6.07) is 14.9. The summed E-state index contributed by atoms with van der Waals surface area (Å²) in [5.41, 5.74) is 2.81. The number of hydrogen-bond donors (Lipinski definition) is 2. The highest BCUT2D eigenvalue weighted by Gasteiger charge is 2.17. The van der Waals surface area contributed by atoms with Crippen LogP contribution in [-0.4, -0.2) is 11.7 Å². The SMILES string of the molecule is CCOc1cccc(C(C#N)NCc2ccc(C)cc2)c1O. The zero-order valence-electron chi connectivity index (χ0n) is 12.8. The molecule has 0 aromatic heterocycles. The van der Waals surface area contributed by atoms with Crippen LogP contribution >= 0.6 is 0 Å². The molecule has 0 fully saturated rings. The first-order valence-corrected chi connectivity index (χ1v) is 7.29. The van der Waals surface area contributed by atoms with Crippen molar-refractivity contribution in [1.29, 1.82) is 5.26 Å². The summed E-state index contributed by atoms with van der Waals surface area (Å²) in [4.78, 5) is 0. The van der Waals surface area contributed by atoms with E-state index in [0.29, 0.717) is 24.5 Å². The second-order valence-electron chi connectivity index (χ2n) is 5.06. The Morgan fingerprint density at radius 1 is 1.23 bits per heavy atom. The van der Waals surface area contributed by atoms with Gasteiger partial charge in [0.2, 0.25) is 0 Å². The smallest absolute Gasteiger partial charge is 0.163 e. The maximum Gasteiger partial charge on any atom is 0.163 e. The van der Waals surface area contributed by atoms with Gasteiger partial charge in [0.25, 0.3) is 0 Å². The molecule has 114 valence electrons. The highest BCUT2D eigenvalue weighted by Crippen LogP contribution is 2.33. The van der Waals surface area contributed by atoms with Gasteiger partial charge >= 0.3 is 0 Å². The summed E-state index contributed by atoms with van der Waals surface area (Å²) in [7, 11) is 0. The molecule has 1 atom stereocenters. The third kappa shape index (κ3) is 3.78. The molecule has 0 aliphatic heterocycles. The number of para-hydroxylation sites is 1. The lowest BCUT2D eigenvalue weighted by Crippen LogP contribution is -2.19. The minimum atomic E-state index is -0.596. The fraction of sp³-hybridized carbons (Fsp3) is 0.278. The normalized spacial score (nSPS) is 11.7. The molecule has 0 heterocycles. The van der Waals surface area contributed by atoms with Crippen LogP contribution in [0.4, 0.5) is 0 Å². The number of nitriles is 1. The van der Waals surface area contributed by atoms with Gasteiger partial charge in [-0.2, -0.15) is 5.26 Å². The standard InChI is InChI=1S/C18H20N2O2/c1-3-22-17-6-4-5-15(18(17)21)16(11-19)20-12-14-9-7-13(2)8-10-14/h4-10,16,20-21H,3,12H2,1-2H3. The van der Waals surface area contributed by atoms with Crippen molar-refractivity contribution in [3.63, 3.8) is 0 Å². The number of nitrogens with one attached hydrogen (secondary N) is 1. The van der Waals surface area contributed by atoms with Crippen molar-refractivity contribution in [2.75, 3.05) is 6.61 Å². The Bertz CT molecular complexity index is 660. The fourth-order valence-corrected chi connectivity index (χ4v) is 2.20. The maximum atomic E-state index is 10.2. The van der Waals surface area contributed by atoms with Gasteiger partial charge in [0, 0.05) is 12.1 Å². The Balaban J connectivity index is 2.13. The van der Waals surface area contributed by atoms with E-state index in [9.17, 15) is 10.4 Å². The summed E-state index contributed by atoms with van der Waals surface area (Å²) in [6.07, 6.45) is 0. The van der Waals surface area contributed by atoms with Crippen LogP contribution in [0.15, 0.2) is 42.5 Å². The van der Waals surface area contributed by atoms with Crippen LogP contribution in [0, 0.1) is 18.3 Å². The van der Waals surface area contributed by atoms with Crippen molar-refractivity contribution in [2.45, 2.75) is 26.4 Å². The Morgan fingerprint density at radius 2 is 1.95 bits per heavy atom. The van der Waals surface area contributed by atoms with Gasteiger partial charge in [-0.25, -0.2) is 0 Å². The van der Waals surface area contributed by atoms with Crippen LogP contribution in [0.3, 0.4) is 0 Å². The molecule has 0 radical (unpaired) electrons. The Kier molecular flexibility index (Phi) is 5.40. The van der Waals surface area contributed by atoms with Crippen molar-refractivity contribution in [1.82, 2.24) is 5.32 Å². The molecule has 2 aromatic carbocycles. The zero-order valence-corrected chi connectivity index (χ0v) is 12.8. The monoisotopic (exact) mass is 296 g/mol. The number of phenolic OH excluding ortho intramolecular Hbond substituents is 1. The summed E-state index contributed by atoms with van der Waals surface area (Å²) in [5.74, 6) is 0.421. The first-order chi connectivity index (χ1) is 10.7. The van der Waals surface area contributed by atoms with Gasteiger partial charge in [-0.05, 0) is 25.5 Å². The number of benzene rings is 2. The maximum absolute atomic E-state index is 10.2. The van der Waals surface area contributed by atoms with Crippen LogP contribution < -0.4 is 10.1 Å². The molecule has 4 heteroatoms. The number of nitrogens with zero attached hydrogens (tertiary/aromatic N) is 1. The van der Waals surface area contributed by atoms with Gasteiger partial charge < -0.3 is 9.84 Å². The van der Waals surface area contributed by atoms with E-state index in [2.05, 4.69) is 11.4 Å². The summed E-state index contributed by atoms with van der Waals surface area (Å²) >= 11 is 0. The summed E-state index contributed by atoms with van der Waals surface area (Å²) in [6.45, 7) is 4.90. The highest BCUT2D eigenvalue weighted by atomic mass is 16.5. The Labute approximate surface area is 131 Å². The average molecular weight is 296 g/mol. The molecule has 0 aliphatic carbocycles. The number of rotatable bonds is 6. The first-order valence-electron chi connectivity index (χ1n) is 7.29. The predicted octanol–water partition coefficient (Wildman–Crippen LogP) is 3.45. The second kappa shape index (κ2) is 7.48. The molecule has 1 unspecified atom stereocenters. The van der Waals surface area contributed by atoms with E-state index in [0.717, 1.165) is 5.56 Å². The minimum absolute atomic E-state index is 0.0207. The quantitative estimate of drug-likeness (QED) is 0.857. The van der Waals surface area contributed by atoms with Crippen molar-refractivity contribution < 1.29 is 9.84 Å². The van der Waals surface area contributed by atoms with Gasteiger partial charge in [-0.1, -0.05) is 42.0 Å².